The number of carbonyl (C=O) groups is 2. The Morgan fingerprint density at radius 1 is 0.821 bits per heavy atom. The number of benzene rings is 2. The average molecular weight is 562 g/mol. The lowest BCUT2D eigenvalue weighted by atomic mass is 9.90. The molecule has 0 aliphatic carbocycles. The number of ether oxygens (including phenoxy) is 4. The number of nitrogens with zero attached hydrogens (tertiary/aromatic N) is 1. The van der Waals surface area contributed by atoms with Crippen molar-refractivity contribution in [2.45, 2.75) is 70.3 Å². The smallest absolute Gasteiger partial charge is 0.410 e. The van der Waals surface area contributed by atoms with E-state index < -0.39 is 37.8 Å². The topological polar surface area (TPSA) is 108 Å². The second kappa shape index (κ2) is 11.5. The van der Waals surface area contributed by atoms with Gasteiger partial charge in [0.25, 0.3) is 0 Å². The summed E-state index contributed by atoms with van der Waals surface area (Å²) in [6.07, 6.45) is -0.964. The molecule has 1 unspecified atom stereocenters. The van der Waals surface area contributed by atoms with Crippen LogP contribution in [0.25, 0.3) is 0 Å². The molecule has 1 heterocycles. The summed E-state index contributed by atoms with van der Waals surface area (Å²) in [7, 11) is -2.34. The Kier molecular flexibility index (Phi) is 8.89. The van der Waals surface area contributed by atoms with Gasteiger partial charge in [-0.15, -0.1) is 0 Å². The minimum atomic E-state index is -3.92. The van der Waals surface area contributed by atoms with Gasteiger partial charge < -0.3 is 23.8 Å². The molecule has 1 fully saturated rings. The summed E-state index contributed by atoms with van der Waals surface area (Å²) in [4.78, 5) is 27.2. The van der Waals surface area contributed by atoms with Gasteiger partial charge in [-0.1, -0.05) is 12.1 Å². The van der Waals surface area contributed by atoms with E-state index in [1.165, 1.54) is 4.90 Å². The highest BCUT2D eigenvalue weighted by Gasteiger charge is 2.50. The van der Waals surface area contributed by atoms with Crippen LogP contribution >= 0.6 is 0 Å². The van der Waals surface area contributed by atoms with Crippen molar-refractivity contribution < 1.29 is 37.0 Å². The van der Waals surface area contributed by atoms with Crippen molar-refractivity contribution in [2.75, 3.05) is 26.0 Å². The van der Waals surface area contributed by atoms with Crippen LogP contribution in [0, 0.1) is 0 Å². The van der Waals surface area contributed by atoms with E-state index in [0.717, 1.165) is 0 Å². The molecule has 1 saturated heterocycles. The number of hydrogen-bond donors (Lipinski definition) is 0. The SMILES string of the molecule is COc1ccc(Oc2ccc(C3(CC(=O)OC(C)(C)C)CCN(C(=O)OC(C)(C)C)CCS3(=O)=O)cc2)cc1. The molecule has 0 saturated carbocycles. The van der Waals surface area contributed by atoms with E-state index in [2.05, 4.69) is 0 Å². The van der Waals surface area contributed by atoms with Crippen LogP contribution in [0.5, 0.6) is 17.2 Å². The quantitative estimate of drug-likeness (QED) is 0.427. The highest BCUT2D eigenvalue weighted by Crippen LogP contribution is 2.42. The average Bonchev–Trinajstić information content (AvgIpc) is 2.94. The maximum atomic E-state index is 13.9. The van der Waals surface area contributed by atoms with E-state index in [1.807, 2.05) is 0 Å². The number of methoxy groups -OCH3 is 1. The summed E-state index contributed by atoms with van der Waals surface area (Å²) in [6.45, 7) is 10.5. The fourth-order valence-corrected chi connectivity index (χ4v) is 6.45. The Morgan fingerprint density at radius 2 is 1.33 bits per heavy atom. The van der Waals surface area contributed by atoms with Crippen molar-refractivity contribution in [3.63, 3.8) is 0 Å². The summed E-state index contributed by atoms with van der Waals surface area (Å²) in [5.74, 6) is 0.829. The van der Waals surface area contributed by atoms with Gasteiger partial charge in [-0.05, 0) is 89.9 Å². The number of sulfone groups is 1. The Bertz CT molecular complexity index is 1260. The minimum absolute atomic E-state index is 0.00645. The molecule has 214 valence electrons. The van der Waals surface area contributed by atoms with E-state index in [4.69, 9.17) is 18.9 Å². The molecule has 2 aromatic rings. The summed E-state index contributed by atoms with van der Waals surface area (Å²) >= 11 is 0. The predicted octanol–water partition coefficient (Wildman–Crippen LogP) is 5.47. The third-order valence-corrected chi connectivity index (χ3v) is 8.68. The first-order valence-corrected chi connectivity index (χ1v) is 14.5. The van der Waals surface area contributed by atoms with Crippen molar-refractivity contribution >= 4 is 21.9 Å². The molecule has 1 aliphatic heterocycles. The van der Waals surface area contributed by atoms with Gasteiger partial charge in [0.05, 0.1) is 19.3 Å². The lowest BCUT2D eigenvalue weighted by molar-refractivity contribution is -0.155. The molecule has 1 aliphatic rings. The van der Waals surface area contributed by atoms with Crippen LogP contribution in [0.2, 0.25) is 0 Å². The van der Waals surface area contributed by atoms with E-state index in [-0.39, 0.29) is 31.7 Å². The molecule has 0 radical (unpaired) electrons. The fraction of sp³-hybridized carbons (Fsp3) is 0.517. The summed E-state index contributed by atoms with van der Waals surface area (Å²) < 4.78 is 48.3. The second-order valence-corrected chi connectivity index (χ2v) is 14.0. The number of esters is 1. The van der Waals surface area contributed by atoms with Crippen molar-refractivity contribution in [3.8, 4) is 17.2 Å². The molecule has 0 aromatic heterocycles. The second-order valence-electron chi connectivity index (χ2n) is 11.6. The molecule has 1 amide bonds. The van der Waals surface area contributed by atoms with Gasteiger partial charge in [0.2, 0.25) is 0 Å². The molecule has 39 heavy (non-hydrogen) atoms. The zero-order valence-electron chi connectivity index (χ0n) is 23.8. The van der Waals surface area contributed by atoms with Gasteiger partial charge >= 0.3 is 12.1 Å². The number of hydrogen-bond acceptors (Lipinski definition) is 8. The van der Waals surface area contributed by atoms with Gasteiger partial charge in [0.1, 0.15) is 33.2 Å². The zero-order chi connectivity index (χ0) is 29.1. The molecule has 2 aromatic carbocycles. The van der Waals surface area contributed by atoms with Crippen molar-refractivity contribution in [3.05, 3.63) is 54.1 Å². The van der Waals surface area contributed by atoms with E-state index in [0.29, 0.717) is 22.8 Å². The Hall–Kier alpha value is -3.27. The first-order chi connectivity index (χ1) is 18.0. The molecular formula is C29H39NO8S. The first kappa shape index (κ1) is 30.3. The molecule has 1 atom stereocenters. The highest BCUT2D eigenvalue weighted by molar-refractivity contribution is 7.92. The van der Waals surface area contributed by atoms with Crippen molar-refractivity contribution in [2.24, 2.45) is 0 Å². The lowest BCUT2D eigenvalue weighted by Crippen LogP contribution is -2.41. The maximum Gasteiger partial charge on any atom is 0.410 e. The van der Waals surface area contributed by atoms with Gasteiger partial charge in [0, 0.05) is 13.1 Å². The standard InChI is InChI=1S/C29H39NO8S/c1-27(2,3)37-25(31)20-29(16-17-30(18-19-39(29,33)34)26(32)38-28(4,5)6)21-8-10-23(11-9-21)36-24-14-12-22(35-7)13-15-24/h8-15H,16-20H2,1-7H3. The monoisotopic (exact) mass is 561 g/mol. The van der Waals surface area contributed by atoms with Gasteiger partial charge in [0.15, 0.2) is 9.84 Å². The van der Waals surface area contributed by atoms with Crippen LogP contribution in [0.4, 0.5) is 4.79 Å². The highest BCUT2D eigenvalue weighted by atomic mass is 32.2. The maximum absolute atomic E-state index is 13.9. The Balaban J connectivity index is 1.95. The van der Waals surface area contributed by atoms with E-state index in [9.17, 15) is 18.0 Å². The van der Waals surface area contributed by atoms with E-state index >= 15 is 0 Å². The molecule has 3 rings (SSSR count). The molecule has 10 heteroatoms. The van der Waals surface area contributed by atoms with Crippen LogP contribution in [0.15, 0.2) is 48.5 Å². The Labute approximate surface area is 231 Å². The lowest BCUT2D eigenvalue weighted by Gasteiger charge is -2.33. The third kappa shape index (κ3) is 7.88. The molecule has 9 nitrogen and oxygen atoms in total. The summed E-state index contributed by atoms with van der Waals surface area (Å²) in [6, 6.07) is 13.7. The fourth-order valence-electron chi connectivity index (χ4n) is 4.36. The first-order valence-electron chi connectivity index (χ1n) is 12.9. The normalized spacial score (nSPS) is 19.5. The van der Waals surface area contributed by atoms with Crippen molar-refractivity contribution in [1.29, 1.82) is 0 Å². The number of rotatable bonds is 6. The van der Waals surface area contributed by atoms with Crippen LogP contribution in [-0.2, 0) is 28.9 Å². The minimum Gasteiger partial charge on any atom is -0.497 e. The van der Waals surface area contributed by atoms with Gasteiger partial charge in [-0.25, -0.2) is 13.2 Å². The molecule has 0 N–H and O–H groups in total. The van der Waals surface area contributed by atoms with Crippen LogP contribution in [-0.4, -0.2) is 62.5 Å². The molecular weight excluding hydrogens is 522 g/mol. The number of carbonyl (C=O) groups excluding carboxylic acids is 2. The van der Waals surface area contributed by atoms with E-state index in [1.54, 1.807) is 97.2 Å². The molecule has 0 spiro atoms. The summed E-state index contributed by atoms with van der Waals surface area (Å²) in [5.41, 5.74) is -1.08. The largest absolute Gasteiger partial charge is 0.497 e. The van der Waals surface area contributed by atoms with Gasteiger partial charge in [-0.3, -0.25) is 4.79 Å². The summed E-state index contributed by atoms with van der Waals surface area (Å²) in [5, 5.41) is 0. The number of amides is 1. The predicted molar refractivity (Wildman–Crippen MR) is 148 cm³/mol. The van der Waals surface area contributed by atoms with Crippen LogP contribution < -0.4 is 9.47 Å². The molecule has 0 bridgehead atoms. The van der Waals surface area contributed by atoms with Crippen molar-refractivity contribution in [1.82, 2.24) is 4.90 Å². The van der Waals surface area contributed by atoms with Crippen LogP contribution in [0.1, 0.15) is 59.9 Å². The zero-order valence-corrected chi connectivity index (χ0v) is 24.6. The Morgan fingerprint density at radius 3 is 1.85 bits per heavy atom. The van der Waals surface area contributed by atoms with Gasteiger partial charge in [-0.2, -0.15) is 0 Å². The third-order valence-electron chi connectivity index (χ3n) is 6.19. The van der Waals surface area contributed by atoms with Crippen LogP contribution in [0.3, 0.4) is 0 Å².